The fraction of sp³-hybridized carbons (Fsp3) is 0.176. The van der Waals surface area contributed by atoms with Crippen molar-refractivity contribution < 1.29 is 9.18 Å². The summed E-state index contributed by atoms with van der Waals surface area (Å²) in [4.78, 5) is 15.7. The number of thiophene rings is 1. The summed E-state index contributed by atoms with van der Waals surface area (Å²) in [5.74, 6) is -0.338. The summed E-state index contributed by atoms with van der Waals surface area (Å²) in [6, 6.07) is 12.0. The zero-order valence-electron chi connectivity index (χ0n) is 12.2. The molecule has 0 spiro atoms. The van der Waals surface area contributed by atoms with Crippen molar-refractivity contribution in [2.45, 2.75) is 12.5 Å². The number of H-pyrrole nitrogens is 1. The van der Waals surface area contributed by atoms with Gasteiger partial charge in [-0.05, 0) is 48.2 Å². The highest BCUT2D eigenvalue weighted by Crippen LogP contribution is 2.36. The number of nitrogens with one attached hydrogen (secondary N) is 1. The maximum atomic E-state index is 13.0. The average molecular weight is 327 g/mol. The number of rotatable bonds is 3. The van der Waals surface area contributed by atoms with Crippen LogP contribution in [-0.2, 0) is 0 Å². The molecule has 1 aromatic carbocycles. The monoisotopic (exact) mass is 327 g/mol. The number of amides is 1. The highest BCUT2D eigenvalue weighted by Gasteiger charge is 2.35. The normalized spacial score (nSPS) is 17.1. The fourth-order valence-electron chi connectivity index (χ4n) is 2.76. The minimum atomic E-state index is -0.292. The first-order valence-electron chi connectivity index (χ1n) is 7.38. The van der Waals surface area contributed by atoms with Crippen molar-refractivity contribution in [3.63, 3.8) is 0 Å². The number of hydrogen-bond donors (Lipinski definition) is 1. The minimum absolute atomic E-state index is 0.0458. The van der Waals surface area contributed by atoms with Crippen LogP contribution in [0.5, 0.6) is 0 Å². The standard InChI is InChI=1S/C17H14FN3OS/c18-12-5-3-11(4-6-12)13-10-14(20-19-13)17(22)21-8-7-15(21)16-2-1-9-23-16/h1-6,9-10,15H,7-8H2,(H,19,20)/t15-/m0/s1. The van der Waals surface area contributed by atoms with Gasteiger partial charge in [0.25, 0.3) is 5.91 Å². The first kappa shape index (κ1) is 14.1. The minimum Gasteiger partial charge on any atom is -0.329 e. The van der Waals surface area contributed by atoms with Gasteiger partial charge in [0.2, 0.25) is 0 Å². The number of hydrogen-bond acceptors (Lipinski definition) is 3. The molecule has 0 saturated carbocycles. The van der Waals surface area contributed by atoms with E-state index in [1.54, 1.807) is 29.5 Å². The molecule has 1 aliphatic heterocycles. The maximum Gasteiger partial charge on any atom is 0.272 e. The average Bonchev–Trinajstić information content (AvgIpc) is 3.18. The van der Waals surface area contributed by atoms with Gasteiger partial charge >= 0.3 is 0 Å². The molecule has 116 valence electrons. The third-order valence-corrected chi connectivity index (χ3v) is 5.07. The van der Waals surface area contributed by atoms with Crippen LogP contribution in [0.1, 0.15) is 27.8 Å². The number of nitrogens with zero attached hydrogens (tertiary/aromatic N) is 2. The smallest absolute Gasteiger partial charge is 0.272 e. The third kappa shape index (κ3) is 2.55. The third-order valence-electron chi connectivity index (χ3n) is 4.10. The Hall–Kier alpha value is -2.47. The number of aromatic nitrogens is 2. The largest absolute Gasteiger partial charge is 0.329 e. The van der Waals surface area contributed by atoms with E-state index in [1.165, 1.54) is 17.0 Å². The number of benzene rings is 1. The second-order valence-electron chi connectivity index (χ2n) is 5.49. The first-order chi connectivity index (χ1) is 11.2. The number of halogens is 1. The predicted molar refractivity (Wildman–Crippen MR) is 86.7 cm³/mol. The van der Waals surface area contributed by atoms with Crippen molar-refractivity contribution in [3.05, 3.63) is 64.2 Å². The molecule has 1 amide bonds. The van der Waals surface area contributed by atoms with E-state index < -0.39 is 0 Å². The molecule has 1 fully saturated rings. The van der Waals surface area contributed by atoms with Crippen molar-refractivity contribution in [3.8, 4) is 11.3 Å². The fourth-order valence-corrected chi connectivity index (χ4v) is 3.64. The summed E-state index contributed by atoms with van der Waals surface area (Å²) < 4.78 is 13.0. The van der Waals surface area contributed by atoms with Crippen LogP contribution < -0.4 is 0 Å². The van der Waals surface area contributed by atoms with Gasteiger partial charge in [-0.3, -0.25) is 9.89 Å². The van der Waals surface area contributed by atoms with Crippen LogP contribution in [-0.4, -0.2) is 27.5 Å². The lowest BCUT2D eigenvalue weighted by Crippen LogP contribution is -2.44. The number of aromatic amines is 1. The zero-order chi connectivity index (χ0) is 15.8. The Kier molecular flexibility index (Phi) is 3.46. The topological polar surface area (TPSA) is 49.0 Å². The van der Waals surface area contributed by atoms with Gasteiger partial charge in [-0.25, -0.2) is 4.39 Å². The summed E-state index contributed by atoms with van der Waals surface area (Å²) in [7, 11) is 0. The van der Waals surface area contributed by atoms with Gasteiger partial charge in [0.1, 0.15) is 11.5 Å². The molecule has 1 saturated heterocycles. The molecular weight excluding hydrogens is 313 g/mol. The lowest BCUT2D eigenvalue weighted by atomic mass is 10.0. The molecule has 1 aliphatic rings. The molecule has 0 unspecified atom stereocenters. The van der Waals surface area contributed by atoms with E-state index in [0.717, 1.165) is 18.5 Å². The molecule has 1 N–H and O–H groups in total. The molecule has 0 radical (unpaired) electrons. The molecule has 2 aromatic heterocycles. The van der Waals surface area contributed by atoms with E-state index in [1.807, 2.05) is 16.3 Å². The Morgan fingerprint density at radius 1 is 1.30 bits per heavy atom. The first-order valence-corrected chi connectivity index (χ1v) is 8.26. The van der Waals surface area contributed by atoms with Crippen molar-refractivity contribution in [2.75, 3.05) is 6.54 Å². The van der Waals surface area contributed by atoms with Crippen LogP contribution in [0, 0.1) is 5.82 Å². The van der Waals surface area contributed by atoms with Gasteiger partial charge in [-0.2, -0.15) is 5.10 Å². The highest BCUT2D eigenvalue weighted by atomic mass is 32.1. The summed E-state index contributed by atoms with van der Waals surface area (Å²) in [6.07, 6.45) is 0.991. The second-order valence-corrected chi connectivity index (χ2v) is 6.47. The van der Waals surface area contributed by atoms with E-state index in [-0.39, 0.29) is 17.8 Å². The summed E-state index contributed by atoms with van der Waals surface area (Å²) >= 11 is 1.67. The lowest BCUT2D eigenvalue weighted by molar-refractivity contribution is 0.0461. The second kappa shape index (κ2) is 5.62. The van der Waals surface area contributed by atoms with Gasteiger partial charge in [0.05, 0.1) is 11.7 Å². The van der Waals surface area contributed by atoms with Crippen molar-refractivity contribution >= 4 is 17.2 Å². The van der Waals surface area contributed by atoms with Gasteiger partial charge in [-0.1, -0.05) is 6.07 Å². The summed E-state index contributed by atoms with van der Waals surface area (Å²) in [5, 5.41) is 9.00. The van der Waals surface area contributed by atoms with Crippen LogP contribution in [0.25, 0.3) is 11.3 Å². The summed E-state index contributed by atoms with van der Waals surface area (Å²) in [6.45, 7) is 0.756. The lowest BCUT2D eigenvalue weighted by Gasteiger charge is -2.40. The van der Waals surface area contributed by atoms with E-state index in [0.29, 0.717) is 11.4 Å². The molecule has 4 nitrogen and oxygen atoms in total. The van der Waals surface area contributed by atoms with Crippen LogP contribution in [0.15, 0.2) is 47.8 Å². The Balaban J connectivity index is 1.55. The van der Waals surface area contributed by atoms with Gasteiger partial charge < -0.3 is 4.90 Å². The molecule has 4 rings (SSSR count). The Bertz CT molecular complexity index is 826. The maximum absolute atomic E-state index is 13.0. The highest BCUT2D eigenvalue weighted by molar-refractivity contribution is 7.10. The number of likely N-dealkylation sites (tertiary alicyclic amines) is 1. The van der Waals surface area contributed by atoms with E-state index in [4.69, 9.17) is 0 Å². The van der Waals surface area contributed by atoms with E-state index >= 15 is 0 Å². The molecule has 6 heteroatoms. The quantitative estimate of drug-likeness (QED) is 0.794. The predicted octanol–water partition coefficient (Wildman–Crippen LogP) is 3.86. The van der Waals surface area contributed by atoms with Crippen LogP contribution >= 0.6 is 11.3 Å². The Labute approximate surface area is 136 Å². The molecule has 0 aliphatic carbocycles. The van der Waals surface area contributed by atoms with Crippen LogP contribution in [0.3, 0.4) is 0 Å². The van der Waals surface area contributed by atoms with Gasteiger partial charge in [0, 0.05) is 17.0 Å². The van der Waals surface area contributed by atoms with Gasteiger partial charge in [0.15, 0.2) is 0 Å². The molecule has 1 atom stereocenters. The Morgan fingerprint density at radius 2 is 2.13 bits per heavy atom. The van der Waals surface area contributed by atoms with Crippen molar-refractivity contribution in [1.29, 1.82) is 0 Å². The van der Waals surface area contributed by atoms with Crippen molar-refractivity contribution in [1.82, 2.24) is 15.1 Å². The zero-order valence-corrected chi connectivity index (χ0v) is 13.0. The van der Waals surface area contributed by atoms with E-state index in [9.17, 15) is 9.18 Å². The number of carbonyl (C=O) groups excluding carboxylic acids is 1. The molecule has 3 heterocycles. The molecular formula is C17H14FN3OS. The molecule has 0 bridgehead atoms. The van der Waals surface area contributed by atoms with Crippen LogP contribution in [0.2, 0.25) is 0 Å². The molecule has 3 aromatic rings. The Morgan fingerprint density at radius 3 is 2.78 bits per heavy atom. The number of carbonyl (C=O) groups is 1. The van der Waals surface area contributed by atoms with Crippen molar-refractivity contribution in [2.24, 2.45) is 0 Å². The van der Waals surface area contributed by atoms with Crippen LogP contribution in [0.4, 0.5) is 4.39 Å². The van der Waals surface area contributed by atoms with Gasteiger partial charge in [-0.15, -0.1) is 11.3 Å². The summed E-state index contributed by atoms with van der Waals surface area (Å²) in [5.41, 5.74) is 1.88. The molecule has 23 heavy (non-hydrogen) atoms. The van der Waals surface area contributed by atoms with E-state index in [2.05, 4.69) is 16.3 Å². The SMILES string of the molecule is O=C(c1cc(-c2ccc(F)cc2)n[nH]1)N1CC[C@H]1c1cccs1.